The molecule has 1 saturated heterocycles. The molecule has 0 bridgehead atoms. The quantitative estimate of drug-likeness (QED) is 0.675. The van der Waals surface area contributed by atoms with Crippen molar-refractivity contribution in [3.8, 4) is 11.3 Å². The molecular formula is C26H39N3O3S. The number of aromatic nitrogens is 1. The summed E-state index contributed by atoms with van der Waals surface area (Å²) in [5, 5.41) is 5.61. The van der Waals surface area contributed by atoms with Crippen LogP contribution in [0.2, 0.25) is 0 Å². The zero-order valence-corrected chi connectivity index (χ0v) is 21.4. The Kier molecular flexibility index (Phi) is 6.95. The molecule has 1 aliphatic carbocycles. The Hall–Kier alpha value is -1.83. The summed E-state index contributed by atoms with van der Waals surface area (Å²) in [6.45, 7) is 12.7. The maximum absolute atomic E-state index is 12.4. The van der Waals surface area contributed by atoms with E-state index in [0.717, 1.165) is 49.8 Å². The number of primary sulfonamides is 1. The number of nitrogens with two attached hydrogens (primary N) is 1. The molecule has 4 rings (SSSR count). The van der Waals surface area contributed by atoms with Crippen LogP contribution in [0.25, 0.3) is 11.3 Å². The number of hydrogen-bond acceptors (Lipinski definition) is 4. The fourth-order valence-corrected chi connectivity index (χ4v) is 6.18. The van der Waals surface area contributed by atoms with Crippen LogP contribution in [0.3, 0.4) is 0 Å². The summed E-state index contributed by atoms with van der Waals surface area (Å²) in [4.78, 5) is 2.64. The van der Waals surface area contributed by atoms with Gasteiger partial charge in [0.05, 0.1) is 13.2 Å². The Balaban J connectivity index is 1.81. The first-order valence-corrected chi connectivity index (χ1v) is 13.8. The topological polar surface area (TPSA) is 77.6 Å². The van der Waals surface area contributed by atoms with E-state index in [2.05, 4.69) is 48.4 Å². The molecule has 1 aromatic carbocycles. The van der Waals surface area contributed by atoms with E-state index in [4.69, 9.17) is 9.88 Å². The molecule has 0 spiro atoms. The number of morpholine rings is 1. The second-order valence-corrected chi connectivity index (χ2v) is 12.3. The van der Waals surface area contributed by atoms with Crippen LogP contribution in [0.5, 0.6) is 0 Å². The summed E-state index contributed by atoms with van der Waals surface area (Å²) < 4.78 is 32.5. The summed E-state index contributed by atoms with van der Waals surface area (Å²) in [5.74, 6) is 0.576. The van der Waals surface area contributed by atoms with Gasteiger partial charge in [0.2, 0.25) is 10.0 Å². The minimum atomic E-state index is -3.79. The van der Waals surface area contributed by atoms with Crippen LogP contribution in [0.15, 0.2) is 29.2 Å². The molecule has 0 atom stereocenters. The lowest BCUT2D eigenvalue weighted by Crippen LogP contribution is -2.37. The van der Waals surface area contributed by atoms with E-state index in [0.29, 0.717) is 5.92 Å². The number of hydrogen-bond donors (Lipinski definition) is 1. The molecule has 2 heterocycles. The maximum atomic E-state index is 12.4. The van der Waals surface area contributed by atoms with Crippen LogP contribution in [0.1, 0.15) is 64.1 Å². The van der Waals surface area contributed by atoms with Gasteiger partial charge in [-0.05, 0) is 60.4 Å². The number of anilines is 1. The number of rotatable bonds is 5. The Bertz CT molecular complexity index is 1090. The van der Waals surface area contributed by atoms with Gasteiger partial charge in [0, 0.05) is 36.7 Å². The molecule has 2 fully saturated rings. The zero-order chi connectivity index (χ0) is 23.8. The molecule has 6 nitrogen and oxygen atoms in total. The van der Waals surface area contributed by atoms with Crippen molar-refractivity contribution >= 4 is 15.7 Å². The van der Waals surface area contributed by atoms with Crippen LogP contribution in [0.4, 0.5) is 5.69 Å². The van der Waals surface area contributed by atoms with Crippen LogP contribution in [-0.2, 0) is 26.7 Å². The summed E-state index contributed by atoms with van der Waals surface area (Å²) in [5.41, 5.74) is 5.19. The van der Waals surface area contributed by atoms with Gasteiger partial charge in [-0.25, -0.2) is 13.6 Å². The Morgan fingerprint density at radius 1 is 1.06 bits per heavy atom. The Labute approximate surface area is 199 Å². The first-order chi connectivity index (χ1) is 15.6. The Morgan fingerprint density at radius 3 is 2.33 bits per heavy atom. The molecule has 1 aromatic heterocycles. The lowest BCUT2D eigenvalue weighted by Gasteiger charge is -2.34. The van der Waals surface area contributed by atoms with Gasteiger partial charge in [0.25, 0.3) is 0 Å². The van der Waals surface area contributed by atoms with Crippen molar-refractivity contribution in [2.45, 2.75) is 76.7 Å². The van der Waals surface area contributed by atoms with Crippen molar-refractivity contribution in [2.24, 2.45) is 11.1 Å². The number of nitrogens with zero attached hydrogens (tertiary/aromatic N) is 2. The molecule has 7 heteroatoms. The molecule has 1 aliphatic heterocycles. The van der Waals surface area contributed by atoms with Crippen LogP contribution in [0, 0.1) is 12.8 Å². The van der Waals surface area contributed by atoms with E-state index in [1.165, 1.54) is 43.4 Å². The van der Waals surface area contributed by atoms with E-state index in [1.54, 1.807) is 6.07 Å². The SMILES string of the molecule is Cc1c(S(N)(=O)=O)cc(-c2ccc(N3CCOCC3)c(C(C)(C)C)c2)n1CC1CCCCC1. The Morgan fingerprint density at radius 2 is 1.73 bits per heavy atom. The van der Waals surface area contributed by atoms with Gasteiger partial charge in [-0.1, -0.05) is 46.1 Å². The highest BCUT2D eigenvalue weighted by Gasteiger charge is 2.27. The summed E-state index contributed by atoms with van der Waals surface area (Å²) in [6, 6.07) is 8.37. The molecule has 0 radical (unpaired) electrons. The molecule has 182 valence electrons. The smallest absolute Gasteiger partial charge is 0.239 e. The van der Waals surface area contributed by atoms with E-state index in [9.17, 15) is 8.42 Å². The third-order valence-electron chi connectivity index (χ3n) is 7.24. The average Bonchev–Trinajstić information content (AvgIpc) is 3.10. The number of benzene rings is 1. The van der Waals surface area contributed by atoms with Crippen molar-refractivity contribution in [3.05, 3.63) is 35.5 Å². The van der Waals surface area contributed by atoms with E-state index in [-0.39, 0.29) is 10.3 Å². The molecule has 2 aromatic rings. The van der Waals surface area contributed by atoms with Gasteiger partial charge in [-0.3, -0.25) is 0 Å². The monoisotopic (exact) mass is 473 g/mol. The lowest BCUT2D eigenvalue weighted by atomic mass is 9.84. The van der Waals surface area contributed by atoms with Crippen molar-refractivity contribution < 1.29 is 13.2 Å². The van der Waals surface area contributed by atoms with Crippen molar-refractivity contribution in [1.82, 2.24) is 4.57 Å². The highest BCUT2D eigenvalue weighted by atomic mass is 32.2. The summed E-state index contributed by atoms with van der Waals surface area (Å²) in [7, 11) is -3.79. The second kappa shape index (κ2) is 9.43. The predicted molar refractivity (Wildman–Crippen MR) is 134 cm³/mol. The fourth-order valence-electron chi connectivity index (χ4n) is 5.39. The van der Waals surface area contributed by atoms with Gasteiger partial charge in [0.1, 0.15) is 4.90 Å². The van der Waals surface area contributed by atoms with Gasteiger partial charge in [-0.15, -0.1) is 0 Å². The van der Waals surface area contributed by atoms with Gasteiger partial charge in [0.15, 0.2) is 0 Å². The van der Waals surface area contributed by atoms with Gasteiger partial charge < -0.3 is 14.2 Å². The molecular weight excluding hydrogens is 434 g/mol. The number of sulfonamides is 1. The van der Waals surface area contributed by atoms with E-state index in [1.807, 2.05) is 6.92 Å². The van der Waals surface area contributed by atoms with Crippen LogP contribution in [-0.4, -0.2) is 39.3 Å². The zero-order valence-electron chi connectivity index (χ0n) is 20.6. The first-order valence-electron chi connectivity index (χ1n) is 12.3. The normalized spacial score (nSPS) is 18.6. The average molecular weight is 474 g/mol. The molecule has 2 N–H and O–H groups in total. The highest BCUT2D eigenvalue weighted by Crippen LogP contribution is 2.38. The van der Waals surface area contributed by atoms with Crippen LogP contribution >= 0.6 is 0 Å². The van der Waals surface area contributed by atoms with E-state index < -0.39 is 10.0 Å². The van der Waals surface area contributed by atoms with Crippen molar-refractivity contribution in [1.29, 1.82) is 0 Å². The molecule has 2 aliphatic rings. The number of ether oxygens (including phenoxy) is 1. The minimum absolute atomic E-state index is 0.0533. The predicted octanol–water partition coefficient (Wildman–Crippen LogP) is 4.83. The summed E-state index contributed by atoms with van der Waals surface area (Å²) in [6.07, 6.45) is 6.21. The maximum Gasteiger partial charge on any atom is 0.239 e. The summed E-state index contributed by atoms with van der Waals surface area (Å²) >= 11 is 0. The van der Waals surface area contributed by atoms with Crippen molar-refractivity contribution in [3.63, 3.8) is 0 Å². The van der Waals surface area contributed by atoms with Gasteiger partial charge in [-0.2, -0.15) is 0 Å². The van der Waals surface area contributed by atoms with Gasteiger partial charge >= 0.3 is 0 Å². The van der Waals surface area contributed by atoms with Crippen molar-refractivity contribution in [2.75, 3.05) is 31.2 Å². The highest BCUT2D eigenvalue weighted by molar-refractivity contribution is 7.89. The second-order valence-electron chi connectivity index (χ2n) is 10.7. The van der Waals surface area contributed by atoms with Crippen LogP contribution < -0.4 is 10.0 Å². The largest absolute Gasteiger partial charge is 0.378 e. The minimum Gasteiger partial charge on any atom is -0.378 e. The molecule has 33 heavy (non-hydrogen) atoms. The standard InChI is InChI=1S/C26H39N3O3S/c1-19-25(33(27,30)31)17-24(29(19)18-20-8-6-5-7-9-20)21-10-11-23(22(16-21)26(2,3)4)28-12-14-32-15-13-28/h10-11,16-17,20H,5-9,12-15,18H2,1-4H3,(H2,27,30,31). The fraction of sp³-hybridized carbons (Fsp3) is 0.615. The molecule has 1 saturated carbocycles. The molecule has 0 amide bonds. The lowest BCUT2D eigenvalue weighted by molar-refractivity contribution is 0.122. The third kappa shape index (κ3) is 5.31. The molecule has 0 unspecified atom stereocenters. The third-order valence-corrected chi connectivity index (χ3v) is 8.27. The first kappa shape index (κ1) is 24.3. The van der Waals surface area contributed by atoms with E-state index >= 15 is 0 Å².